The van der Waals surface area contributed by atoms with Gasteiger partial charge in [0.05, 0.1) is 26.2 Å². The minimum absolute atomic E-state index is 0.129. The summed E-state index contributed by atoms with van der Waals surface area (Å²) in [5.41, 5.74) is 1.03. The second-order valence-electron chi connectivity index (χ2n) is 8.92. The van der Waals surface area contributed by atoms with Crippen LogP contribution in [0.15, 0.2) is 24.3 Å². The third-order valence-corrected chi connectivity index (χ3v) is 6.28. The van der Waals surface area contributed by atoms with E-state index in [0.717, 1.165) is 31.1 Å². The molecule has 2 aliphatic rings. The minimum atomic E-state index is -0.814. The number of cyclic esters (lactones) is 1. The van der Waals surface area contributed by atoms with Crippen molar-refractivity contribution in [3.8, 4) is 0 Å². The molecule has 0 saturated carbocycles. The Labute approximate surface area is 222 Å². The van der Waals surface area contributed by atoms with Crippen LogP contribution in [0.1, 0.15) is 25.8 Å². The lowest BCUT2D eigenvalue weighted by molar-refractivity contribution is -0.143. The summed E-state index contributed by atoms with van der Waals surface area (Å²) in [7, 11) is 1.26. The summed E-state index contributed by atoms with van der Waals surface area (Å²) in [5.74, 6) is -0.370. The monoisotopic (exact) mass is 532 g/mol. The number of benzene rings is 1. The Kier molecular flexibility index (Phi) is 10.4. The summed E-state index contributed by atoms with van der Waals surface area (Å²) >= 11 is 0. The van der Waals surface area contributed by atoms with Gasteiger partial charge in [-0.05, 0) is 38.1 Å². The molecule has 208 valence electrons. The first-order chi connectivity index (χ1) is 18.2. The highest BCUT2D eigenvalue weighted by molar-refractivity contribution is 6.08. The van der Waals surface area contributed by atoms with E-state index in [0.29, 0.717) is 43.9 Å². The standard InChI is InChI=1S/C25H36N6O7/c1-4-36-21(32)10-11-29-12-14-30(15-13-29)16-20-17-31(25(35)38-20)19-8-6-18(7-9-19)22(26)27-23(33)28(3)24(34)37-5-2/h6-9,20H,4-5,10-17H2,1-3H3,(H2,26,27,33). The Morgan fingerprint density at radius 2 is 1.68 bits per heavy atom. The second kappa shape index (κ2) is 13.7. The van der Waals surface area contributed by atoms with Crippen molar-refractivity contribution in [1.29, 1.82) is 5.41 Å². The number of carbonyl (C=O) groups is 4. The maximum Gasteiger partial charge on any atom is 0.417 e. The fraction of sp³-hybridized carbons (Fsp3) is 0.560. The van der Waals surface area contributed by atoms with Crippen molar-refractivity contribution in [3.63, 3.8) is 0 Å². The number of rotatable bonds is 9. The Bertz CT molecular complexity index is 1010. The molecule has 0 radical (unpaired) electrons. The summed E-state index contributed by atoms with van der Waals surface area (Å²) in [6, 6.07) is 5.79. The molecule has 1 aromatic rings. The molecule has 0 spiro atoms. The first kappa shape index (κ1) is 28.9. The quantitative estimate of drug-likeness (QED) is 0.210. The molecular weight excluding hydrogens is 496 g/mol. The molecular formula is C25H36N6O7. The Morgan fingerprint density at radius 1 is 1.05 bits per heavy atom. The van der Waals surface area contributed by atoms with Gasteiger partial charge in [0.25, 0.3) is 0 Å². The van der Waals surface area contributed by atoms with Crippen LogP contribution in [0.3, 0.4) is 0 Å². The number of hydrogen-bond acceptors (Lipinski definition) is 10. The SMILES string of the molecule is CCOC(=O)CCN1CCN(CC2CN(c3ccc(C(=N)NC(=O)N(C)C(=O)OCC)cc3)C(=O)O2)CC1. The molecule has 0 aromatic heterocycles. The lowest BCUT2D eigenvalue weighted by Gasteiger charge is -2.35. The van der Waals surface area contributed by atoms with Gasteiger partial charge in [-0.2, -0.15) is 0 Å². The third kappa shape index (κ3) is 7.89. The molecule has 3 rings (SSSR count). The molecule has 2 N–H and O–H groups in total. The van der Waals surface area contributed by atoms with Crippen LogP contribution in [0.4, 0.5) is 20.1 Å². The Hall–Kier alpha value is -3.71. The highest BCUT2D eigenvalue weighted by Crippen LogP contribution is 2.23. The van der Waals surface area contributed by atoms with Crippen molar-refractivity contribution in [3.05, 3.63) is 29.8 Å². The smallest absolute Gasteiger partial charge is 0.417 e. The maximum absolute atomic E-state index is 12.5. The van der Waals surface area contributed by atoms with Crippen molar-refractivity contribution >= 4 is 35.7 Å². The fourth-order valence-electron chi connectivity index (χ4n) is 4.17. The highest BCUT2D eigenvalue weighted by Gasteiger charge is 2.34. The number of nitrogens with one attached hydrogen (secondary N) is 2. The zero-order valence-electron chi connectivity index (χ0n) is 22.1. The summed E-state index contributed by atoms with van der Waals surface area (Å²) in [6.07, 6.45) is -1.14. The van der Waals surface area contributed by atoms with E-state index in [1.807, 2.05) is 0 Å². The number of piperazine rings is 1. The van der Waals surface area contributed by atoms with Gasteiger partial charge in [0.2, 0.25) is 0 Å². The van der Waals surface area contributed by atoms with Crippen LogP contribution in [-0.4, -0.2) is 117 Å². The molecule has 1 unspecified atom stereocenters. The summed E-state index contributed by atoms with van der Waals surface area (Å²) in [6.45, 7) is 8.98. The van der Waals surface area contributed by atoms with Gasteiger partial charge < -0.3 is 19.1 Å². The average molecular weight is 533 g/mol. The first-order valence-corrected chi connectivity index (χ1v) is 12.7. The van der Waals surface area contributed by atoms with Crippen LogP contribution in [0.2, 0.25) is 0 Å². The zero-order chi connectivity index (χ0) is 27.7. The zero-order valence-corrected chi connectivity index (χ0v) is 22.1. The van der Waals surface area contributed by atoms with Crippen LogP contribution in [0, 0.1) is 5.41 Å². The average Bonchev–Trinajstić information content (AvgIpc) is 3.27. The van der Waals surface area contributed by atoms with E-state index in [2.05, 4.69) is 15.1 Å². The summed E-state index contributed by atoms with van der Waals surface area (Å²) in [4.78, 5) is 54.7. The molecule has 2 fully saturated rings. The predicted molar refractivity (Wildman–Crippen MR) is 138 cm³/mol. The normalized spacial score (nSPS) is 18.0. The number of urea groups is 1. The lowest BCUT2D eigenvalue weighted by atomic mass is 10.1. The predicted octanol–water partition coefficient (Wildman–Crippen LogP) is 1.71. The highest BCUT2D eigenvalue weighted by atomic mass is 16.6. The van der Waals surface area contributed by atoms with Gasteiger partial charge in [-0.25, -0.2) is 19.3 Å². The largest absolute Gasteiger partial charge is 0.466 e. The Morgan fingerprint density at radius 3 is 2.32 bits per heavy atom. The fourth-order valence-corrected chi connectivity index (χ4v) is 4.17. The number of nitrogens with zero attached hydrogens (tertiary/aromatic N) is 4. The molecule has 2 saturated heterocycles. The minimum Gasteiger partial charge on any atom is -0.466 e. The molecule has 13 heteroatoms. The van der Waals surface area contributed by atoms with Crippen LogP contribution in [-0.2, 0) is 19.0 Å². The summed E-state index contributed by atoms with van der Waals surface area (Å²) in [5, 5.41) is 10.5. The first-order valence-electron chi connectivity index (χ1n) is 12.7. The maximum atomic E-state index is 12.5. The van der Waals surface area contributed by atoms with Crippen LogP contribution >= 0.6 is 0 Å². The second-order valence-corrected chi connectivity index (χ2v) is 8.92. The van der Waals surface area contributed by atoms with E-state index < -0.39 is 18.2 Å². The molecule has 4 amide bonds. The number of hydrogen-bond donors (Lipinski definition) is 2. The van der Waals surface area contributed by atoms with Crippen molar-refractivity contribution < 1.29 is 33.4 Å². The van der Waals surface area contributed by atoms with Crippen molar-refractivity contribution in [2.75, 3.05) is 71.0 Å². The molecule has 0 aliphatic carbocycles. The van der Waals surface area contributed by atoms with Gasteiger partial charge >= 0.3 is 24.2 Å². The number of imide groups is 1. The van der Waals surface area contributed by atoms with Crippen LogP contribution < -0.4 is 10.2 Å². The number of esters is 1. The number of carbonyl (C=O) groups excluding carboxylic acids is 4. The van der Waals surface area contributed by atoms with Crippen LogP contribution in [0.5, 0.6) is 0 Å². The van der Waals surface area contributed by atoms with E-state index in [4.69, 9.17) is 19.6 Å². The van der Waals surface area contributed by atoms with Gasteiger partial charge in [0.15, 0.2) is 0 Å². The van der Waals surface area contributed by atoms with Crippen molar-refractivity contribution in [2.24, 2.45) is 0 Å². The van der Waals surface area contributed by atoms with Gasteiger partial charge in [0, 0.05) is 57.6 Å². The van der Waals surface area contributed by atoms with E-state index in [-0.39, 0.29) is 24.5 Å². The van der Waals surface area contributed by atoms with Gasteiger partial charge in [0.1, 0.15) is 11.9 Å². The lowest BCUT2D eigenvalue weighted by Crippen LogP contribution is -2.49. The molecule has 0 bridgehead atoms. The number of anilines is 1. The summed E-state index contributed by atoms with van der Waals surface area (Å²) < 4.78 is 15.3. The number of amides is 4. The van der Waals surface area contributed by atoms with E-state index in [9.17, 15) is 19.2 Å². The molecule has 38 heavy (non-hydrogen) atoms. The number of ether oxygens (including phenoxy) is 3. The number of amidine groups is 1. The topological polar surface area (TPSA) is 145 Å². The third-order valence-electron chi connectivity index (χ3n) is 6.28. The van der Waals surface area contributed by atoms with Crippen molar-refractivity contribution in [2.45, 2.75) is 26.4 Å². The van der Waals surface area contributed by atoms with Crippen LogP contribution in [0.25, 0.3) is 0 Å². The van der Waals surface area contributed by atoms with E-state index in [1.54, 1.807) is 43.0 Å². The molecule has 1 aromatic carbocycles. The van der Waals surface area contributed by atoms with Crippen molar-refractivity contribution in [1.82, 2.24) is 20.0 Å². The van der Waals surface area contributed by atoms with Gasteiger partial charge in [-0.15, -0.1) is 0 Å². The molecule has 13 nitrogen and oxygen atoms in total. The molecule has 1 atom stereocenters. The van der Waals surface area contributed by atoms with Gasteiger partial charge in [-0.3, -0.25) is 25.3 Å². The molecule has 2 heterocycles. The molecule has 2 aliphatic heterocycles. The van der Waals surface area contributed by atoms with Gasteiger partial charge in [-0.1, -0.05) is 0 Å². The van der Waals surface area contributed by atoms with E-state index in [1.165, 1.54) is 7.05 Å². The van der Waals surface area contributed by atoms with E-state index >= 15 is 0 Å². The Balaban J connectivity index is 1.45.